The molecular weight excluding hydrogens is 204 g/mol. The number of hydrogen-bond donors (Lipinski definition) is 1. The van der Waals surface area contributed by atoms with E-state index in [1.807, 2.05) is 25.1 Å². The smallest absolute Gasteiger partial charge is 0.330 e. The van der Waals surface area contributed by atoms with Crippen LogP contribution >= 0.6 is 0 Å². The maximum Gasteiger partial charge on any atom is 0.330 e. The van der Waals surface area contributed by atoms with E-state index in [0.29, 0.717) is 6.61 Å². The molecule has 86 valence electrons. The van der Waals surface area contributed by atoms with Gasteiger partial charge in [-0.25, -0.2) is 4.79 Å². The first kappa shape index (κ1) is 12.5. The molecule has 1 aromatic carbocycles. The van der Waals surface area contributed by atoms with Crippen molar-refractivity contribution in [3.8, 4) is 0 Å². The van der Waals surface area contributed by atoms with E-state index in [1.54, 1.807) is 13.0 Å². The van der Waals surface area contributed by atoms with E-state index in [4.69, 9.17) is 9.84 Å². The fraction of sp³-hybridized carbons (Fsp3) is 0.308. The second kappa shape index (κ2) is 6.08. The van der Waals surface area contributed by atoms with Crippen molar-refractivity contribution < 1.29 is 14.6 Å². The number of ether oxygens (including phenoxy) is 1. The number of esters is 1. The summed E-state index contributed by atoms with van der Waals surface area (Å²) in [6.45, 7) is 4.11. The third-order valence-electron chi connectivity index (χ3n) is 2.24. The Balaban J connectivity index is 2.75. The summed E-state index contributed by atoms with van der Waals surface area (Å²) < 4.78 is 4.77. The summed E-state index contributed by atoms with van der Waals surface area (Å²) in [6, 6.07) is 5.62. The maximum absolute atomic E-state index is 11.1. The summed E-state index contributed by atoms with van der Waals surface area (Å²) in [7, 11) is 0. The maximum atomic E-state index is 11.1. The van der Waals surface area contributed by atoms with Gasteiger partial charge in [0, 0.05) is 6.08 Å². The van der Waals surface area contributed by atoms with Crippen LogP contribution in [-0.2, 0) is 16.1 Å². The van der Waals surface area contributed by atoms with Crippen molar-refractivity contribution in [1.29, 1.82) is 0 Å². The van der Waals surface area contributed by atoms with Crippen LogP contribution in [0.2, 0.25) is 0 Å². The predicted octanol–water partition coefficient (Wildman–Crippen LogP) is 2.06. The van der Waals surface area contributed by atoms with Crippen LogP contribution in [0.3, 0.4) is 0 Å². The van der Waals surface area contributed by atoms with E-state index in [2.05, 4.69) is 0 Å². The van der Waals surface area contributed by atoms with Crippen LogP contribution in [0.15, 0.2) is 24.3 Å². The molecule has 1 N–H and O–H groups in total. The van der Waals surface area contributed by atoms with Crippen LogP contribution in [0.4, 0.5) is 0 Å². The van der Waals surface area contributed by atoms with E-state index in [1.165, 1.54) is 6.08 Å². The largest absolute Gasteiger partial charge is 0.463 e. The Bertz CT molecular complexity index is 394. The van der Waals surface area contributed by atoms with Gasteiger partial charge in [0.2, 0.25) is 0 Å². The Morgan fingerprint density at radius 1 is 1.50 bits per heavy atom. The van der Waals surface area contributed by atoms with Crippen molar-refractivity contribution in [2.45, 2.75) is 20.5 Å². The molecule has 0 aliphatic carbocycles. The summed E-state index contributed by atoms with van der Waals surface area (Å²) in [6.07, 6.45) is 3.10. The third kappa shape index (κ3) is 3.51. The number of hydrogen-bond acceptors (Lipinski definition) is 3. The van der Waals surface area contributed by atoms with Gasteiger partial charge in [0.1, 0.15) is 0 Å². The average molecular weight is 220 g/mol. The normalized spacial score (nSPS) is 10.7. The van der Waals surface area contributed by atoms with Gasteiger partial charge in [-0.05, 0) is 36.6 Å². The minimum absolute atomic E-state index is 0.0354. The molecule has 0 saturated heterocycles. The van der Waals surface area contributed by atoms with Gasteiger partial charge in [-0.15, -0.1) is 0 Å². The Morgan fingerprint density at radius 2 is 2.25 bits per heavy atom. The van der Waals surface area contributed by atoms with E-state index in [9.17, 15) is 4.79 Å². The Kier molecular flexibility index (Phi) is 4.73. The molecule has 0 aliphatic rings. The molecule has 0 radical (unpaired) electrons. The summed E-state index contributed by atoms with van der Waals surface area (Å²) in [5.74, 6) is -0.341. The van der Waals surface area contributed by atoms with Crippen LogP contribution in [-0.4, -0.2) is 17.7 Å². The third-order valence-corrected chi connectivity index (χ3v) is 2.24. The number of rotatable bonds is 4. The number of carbonyl (C=O) groups is 1. The summed E-state index contributed by atoms with van der Waals surface area (Å²) in [4.78, 5) is 11.1. The van der Waals surface area contributed by atoms with Gasteiger partial charge in [0.15, 0.2) is 0 Å². The quantitative estimate of drug-likeness (QED) is 0.624. The highest BCUT2D eigenvalue weighted by molar-refractivity contribution is 5.87. The second-order valence-electron chi connectivity index (χ2n) is 3.43. The Hall–Kier alpha value is -1.61. The first-order chi connectivity index (χ1) is 7.67. The summed E-state index contributed by atoms with van der Waals surface area (Å²) in [5, 5.41) is 9.01. The number of aryl methyl sites for hydroxylation is 1. The molecule has 0 atom stereocenters. The summed E-state index contributed by atoms with van der Waals surface area (Å²) >= 11 is 0. The van der Waals surface area contributed by atoms with Crippen molar-refractivity contribution in [3.63, 3.8) is 0 Å². The molecule has 3 heteroatoms. The monoisotopic (exact) mass is 220 g/mol. The van der Waals surface area contributed by atoms with Crippen molar-refractivity contribution in [3.05, 3.63) is 41.0 Å². The van der Waals surface area contributed by atoms with Crippen LogP contribution in [0, 0.1) is 6.92 Å². The lowest BCUT2D eigenvalue weighted by Crippen LogP contribution is -1.98. The molecule has 1 aromatic rings. The standard InChI is InChI=1S/C13H16O3/c1-3-16-13(15)7-5-11-4-6-12(9-14)10(2)8-11/h4-8,14H,3,9H2,1-2H3/b7-5+. The number of aliphatic hydroxyl groups is 1. The molecule has 3 nitrogen and oxygen atoms in total. The Labute approximate surface area is 95.4 Å². The molecule has 0 unspecified atom stereocenters. The van der Waals surface area contributed by atoms with Crippen molar-refractivity contribution >= 4 is 12.0 Å². The molecule has 0 heterocycles. The minimum atomic E-state index is -0.341. The minimum Gasteiger partial charge on any atom is -0.463 e. The van der Waals surface area contributed by atoms with Crippen LogP contribution in [0.5, 0.6) is 0 Å². The lowest BCUT2D eigenvalue weighted by molar-refractivity contribution is -0.137. The van der Waals surface area contributed by atoms with Gasteiger partial charge >= 0.3 is 5.97 Å². The molecule has 0 spiro atoms. The zero-order valence-electron chi connectivity index (χ0n) is 9.56. The van der Waals surface area contributed by atoms with Gasteiger partial charge < -0.3 is 9.84 Å². The fourth-order valence-corrected chi connectivity index (χ4v) is 1.35. The Morgan fingerprint density at radius 3 is 2.81 bits per heavy atom. The van der Waals surface area contributed by atoms with Gasteiger partial charge in [0.05, 0.1) is 13.2 Å². The number of carbonyl (C=O) groups excluding carboxylic acids is 1. The molecule has 1 rings (SSSR count). The first-order valence-electron chi connectivity index (χ1n) is 5.22. The molecule has 0 aliphatic heterocycles. The fourth-order valence-electron chi connectivity index (χ4n) is 1.35. The molecule has 0 bridgehead atoms. The van der Waals surface area contributed by atoms with Gasteiger partial charge in [0.25, 0.3) is 0 Å². The van der Waals surface area contributed by atoms with Gasteiger partial charge in [-0.3, -0.25) is 0 Å². The highest BCUT2D eigenvalue weighted by Crippen LogP contribution is 2.12. The van der Waals surface area contributed by atoms with Crippen molar-refractivity contribution in [2.24, 2.45) is 0 Å². The zero-order chi connectivity index (χ0) is 12.0. The first-order valence-corrected chi connectivity index (χ1v) is 5.22. The van der Waals surface area contributed by atoms with E-state index < -0.39 is 0 Å². The summed E-state index contributed by atoms with van der Waals surface area (Å²) in [5.41, 5.74) is 2.82. The highest BCUT2D eigenvalue weighted by Gasteiger charge is 1.98. The van der Waals surface area contributed by atoms with Crippen molar-refractivity contribution in [1.82, 2.24) is 0 Å². The topological polar surface area (TPSA) is 46.5 Å². The van der Waals surface area contributed by atoms with E-state index in [0.717, 1.165) is 16.7 Å². The van der Waals surface area contributed by atoms with Crippen molar-refractivity contribution in [2.75, 3.05) is 6.61 Å². The highest BCUT2D eigenvalue weighted by atomic mass is 16.5. The molecular formula is C13H16O3. The lowest BCUT2D eigenvalue weighted by atomic mass is 10.1. The average Bonchev–Trinajstić information content (AvgIpc) is 2.27. The molecule has 0 fully saturated rings. The predicted molar refractivity (Wildman–Crippen MR) is 62.8 cm³/mol. The number of benzene rings is 1. The van der Waals surface area contributed by atoms with E-state index >= 15 is 0 Å². The lowest BCUT2D eigenvalue weighted by Gasteiger charge is -2.03. The molecule has 16 heavy (non-hydrogen) atoms. The molecule has 0 saturated carbocycles. The van der Waals surface area contributed by atoms with Gasteiger partial charge in [-0.1, -0.05) is 18.2 Å². The van der Waals surface area contributed by atoms with Crippen LogP contribution in [0.25, 0.3) is 6.08 Å². The van der Waals surface area contributed by atoms with Crippen LogP contribution < -0.4 is 0 Å². The van der Waals surface area contributed by atoms with E-state index in [-0.39, 0.29) is 12.6 Å². The van der Waals surface area contributed by atoms with Gasteiger partial charge in [-0.2, -0.15) is 0 Å². The second-order valence-corrected chi connectivity index (χ2v) is 3.43. The number of aliphatic hydroxyl groups excluding tert-OH is 1. The molecule has 0 aromatic heterocycles. The molecule has 0 amide bonds. The zero-order valence-corrected chi connectivity index (χ0v) is 9.56. The SMILES string of the molecule is CCOC(=O)/C=C/c1ccc(CO)c(C)c1. The van der Waals surface area contributed by atoms with Crippen LogP contribution in [0.1, 0.15) is 23.6 Å².